The van der Waals surface area contributed by atoms with Crippen LogP contribution >= 0.6 is 15.9 Å². The molecule has 0 saturated carbocycles. The number of hydrogen-bond acceptors (Lipinski definition) is 4. The van der Waals surface area contributed by atoms with Crippen molar-refractivity contribution in [1.82, 2.24) is 9.97 Å². The van der Waals surface area contributed by atoms with Gasteiger partial charge in [-0.2, -0.15) is 0 Å². The minimum atomic E-state index is 0.674. The van der Waals surface area contributed by atoms with Gasteiger partial charge in [-0.05, 0) is 28.1 Å². The Labute approximate surface area is 102 Å². The number of para-hydroxylation sites is 2. The molecule has 1 aromatic heterocycles. The Hall–Kier alpha value is -1.62. The van der Waals surface area contributed by atoms with E-state index in [4.69, 9.17) is 4.74 Å². The summed E-state index contributed by atoms with van der Waals surface area (Å²) < 4.78 is 5.93. The van der Waals surface area contributed by atoms with Crippen LogP contribution in [-0.4, -0.2) is 17.1 Å². The summed E-state index contributed by atoms with van der Waals surface area (Å²) >= 11 is 3.23. The Morgan fingerprint density at radius 3 is 2.69 bits per heavy atom. The Bertz CT molecular complexity index is 473. The highest BCUT2D eigenvalue weighted by Gasteiger charge is 2.02. The van der Waals surface area contributed by atoms with Crippen LogP contribution in [0, 0.1) is 0 Å². The van der Waals surface area contributed by atoms with Crippen LogP contribution in [0.3, 0.4) is 0 Å². The van der Waals surface area contributed by atoms with Crippen molar-refractivity contribution in [2.45, 2.75) is 0 Å². The lowest BCUT2D eigenvalue weighted by Crippen LogP contribution is -1.96. The van der Waals surface area contributed by atoms with E-state index in [1.165, 1.54) is 0 Å². The number of anilines is 2. The number of aromatic nitrogens is 2. The number of hydrogen-bond donors (Lipinski definition) is 1. The van der Waals surface area contributed by atoms with E-state index in [1.54, 1.807) is 19.5 Å². The molecule has 2 aromatic rings. The van der Waals surface area contributed by atoms with Gasteiger partial charge >= 0.3 is 0 Å². The van der Waals surface area contributed by atoms with Gasteiger partial charge < -0.3 is 10.1 Å². The quantitative estimate of drug-likeness (QED) is 0.938. The maximum Gasteiger partial charge on any atom is 0.149 e. The van der Waals surface area contributed by atoms with Crippen molar-refractivity contribution in [3.05, 3.63) is 41.3 Å². The van der Waals surface area contributed by atoms with Crippen molar-refractivity contribution in [3.63, 3.8) is 0 Å². The summed E-state index contributed by atoms with van der Waals surface area (Å²) in [5.41, 5.74) is 0.863. The molecule has 1 heterocycles. The van der Waals surface area contributed by atoms with Crippen LogP contribution in [0.15, 0.2) is 41.3 Å². The van der Waals surface area contributed by atoms with Gasteiger partial charge in [-0.25, -0.2) is 9.97 Å². The highest BCUT2D eigenvalue weighted by atomic mass is 79.9. The molecule has 0 radical (unpaired) electrons. The summed E-state index contributed by atoms with van der Waals surface area (Å²) in [6, 6.07) is 7.64. The molecule has 0 fully saturated rings. The Balaban J connectivity index is 2.23. The topological polar surface area (TPSA) is 47.0 Å². The summed E-state index contributed by atoms with van der Waals surface area (Å²) in [6.07, 6.45) is 3.29. The van der Waals surface area contributed by atoms with E-state index in [-0.39, 0.29) is 0 Å². The fraction of sp³-hybridized carbons (Fsp3) is 0.0909. The van der Waals surface area contributed by atoms with Gasteiger partial charge in [-0.3, -0.25) is 0 Å². The molecule has 0 aliphatic heterocycles. The van der Waals surface area contributed by atoms with Crippen molar-refractivity contribution in [2.75, 3.05) is 12.4 Å². The minimum Gasteiger partial charge on any atom is -0.495 e. The first kappa shape index (κ1) is 10.9. The van der Waals surface area contributed by atoms with Gasteiger partial charge in [0, 0.05) is 0 Å². The molecule has 0 atom stereocenters. The van der Waals surface area contributed by atoms with E-state index in [0.717, 1.165) is 11.4 Å². The highest BCUT2D eigenvalue weighted by Crippen LogP contribution is 2.25. The van der Waals surface area contributed by atoms with Gasteiger partial charge in [0.2, 0.25) is 0 Å². The molecule has 0 unspecified atom stereocenters. The van der Waals surface area contributed by atoms with Crippen molar-refractivity contribution in [1.29, 1.82) is 0 Å². The number of benzene rings is 1. The predicted octanol–water partition coefficient (Wildman–Crippen LogP) is 2.99. The molecular weight excluding hydrogens is 270 g/mol. The van der Waals surface area contributed by atoms with Crippen LogP contribution in [0.4, 0.5) is 11.5 Å². The summed E-state index contributed by atoms with van der Waals surface area (Å²) in [4.78, 5) is 8.25. The number of nitrogens with zero attached hydrogens (tertiary/aromatic N) is 2. The van der Waals surface area contributed by atoms with E-state index in [0.29, 0.717) is 10.4 Å². The van der Waals surface area contributed by atoms with Gasteiger partial charge in [0.15, 0.2) is 0 Å². The third-order valence-corrected chi connectivity index (χ3v) is 2.40. The average Bonchev–Trinajstić information content (AvgIpc) is 2.33. The smallest absolute Gasteiger partial charge is 0.149 e. The van der Waals surface area contributed by atoms with Crippen LogP contribution in [0.1, 0.15) is 0 Å². The Morgan fingerprint density at radius 2 is 2.00 bits per heavy atom. The second-order valence-corrected chi connectivity index (χ2v) is 3.86. The van der Waals surface area contributed by atoms with Gasteiger partial charge in [-0.1, -0.05) is 12.1 Å². The van der Waals surface area contributed by atoms with Crippen LogP contribution in [0.25, 0.3) is 0 Å². The van der Waals surface area contributed by atoms with E-state index in [9.17, 15) is 0 Å². The minimum absolute atomic E-state index is 0.674. The van der Waals surface area contributed by atoms with Crippen molar-refractivity contribution < 1.29 is 4.74 Å². The second kappa shape index (κ2) is 4.94. The number of methoxy groups -OCH3 is 1. The number of nitrogens with one attached hydrogen (secondary N) is 1. The fourth-order valence-corrected chi connectivity index (χ4v) is 1.47. The molecule has 0 aliphatic carbocycles. The third kappa shape index (κ3) is 2.49. The molecule has 82 valence electrons. The Morgan fingerprint density at radius 1 is 1.19 bits per heavy atom. The van der Waals surface area contributed by atoms with E-state index in [2.05, 4.69) is 31.2 Å². The molecule has 0 saturated heterocycles. The maximum absolute atomic E-state index is 5.22. The van der Waals surface area contributed by atoms with Crippen LogP contribution in [0.5, 0.6) is 5.75 Å². The second-order valence-electron chi connectivity index (χ2n) is 3.05. The fourth-order valence-electron chi connectivity index (χ4n) is 1.26. The molecule has 1 N–H and O–H groups in total. The lowest BCUT2D eigenvalue weighted by Gasteiger charge is -2.09. The molecule has 16 heavy (non-hydrogen) atoms. The zero-order chi connectivity index (χ0) is 11.4. The summed E-state index contributed by atoms with van der Waals surface area (Å²) in [5, 5.41) is 3.13. The number of ether oxygens (including phenoxy) is 1. The molecule has 0 amide bonds. The van der Waals surface area contributed by atoms with Gasteiger partial charge in [-0.15, -0.1) is 0 Å². The van der Waals surface area contributed by atoms with Gasteiger partial charge in [0.1, 0.15) is 16.2 Å². The van der Waals surface area contributed by atoms with Gasteiger partial charge in [0.05, 0.1) is 25.2 Å². The zero-order valence-corrected chi connectivity index (χ0v) is 10.2. The van der Waals surface area contributed by atoms with Crippen molar-refractivity contribution in [3.8, 4) is 5.75 Å². The summed E-state index contributed by atoms with van der Waals surface area (Å²) in [5.74, 6) is 1.44. The van der Waals surface area contributed by atoms with Crippen molar-refractivity contribution in [2.24, 2.45) is 0 Å². The molecule has 4 nitrogen and oxygen atoms in total. The maximum atomic E-state index is 5.22. The molecule has 0 bridgehead atoms. The number of rotatable bonds is 3. The van der Waals surface area contributed by atoms with Crippen LogP contribution in [0.2, 0.25) is 0 Å². The molecule has 0 aliphatic rings. The zero-order valence-electron chi connectivity index (χ0n) is 8.64. The molecular formula is C11H10BrN3O. The lowest BCUT2D eigenvalue weighted by molar-refractivity contribution is 0.417. The normalized spacial score (nSPS) is 9.88. The molecule has 0 spiro atoms. The standard InChI is InChI=1S/C11H10BrN3O/c1-16-9-5-3-2-4-8(9)15-11-7-13-10(12)6-14-11/h2-7H,1H3,(H,14,15). The summed E-state index contributed by atoms with van der Waals surface area (Å²) in [6.45, 7) is 0. The average molecular weight is 280 g/mol. The van der Waals surface area contributed by atoms with Crippen LogP contribution in [-0.2, 0) is 0 Å². The predicted molar refractivity (Wildman–Crippen MR) is 66.0 cm³/mol. The molecule has 5 heteroatoms. The lowest BCUT2D eigenvalue weighted by atomic mass is 10.3. The van der Waals surface area contributed by atoms with E-state index >= 15 is 0 Å². The SMILES string of the molecule is COc1ccccc1Nc1cnc(Br)cn1. The third-order valence-electron chi connectivity index (χ3n) is 1.99. The first-order valence-electron chi connectivity index (χ1n) is 4.67. The highest BCUT2D eigenvalue weighted by molar-refractivity contribution is 9.10. The monoisotopic (exact) mass is 279 g/mol. The summed E-state index contributed by atoms with van der Waals surface area (Å²) in [7, 11) is 1.63. The molecule has 1 aromatic carbocycles. The van der Waals surface area contributed by atoms with E-state index < -0.39 is 0 Å². The van der Waals surface area contributed by atoms with E-state index in [1.807, 2.05) is 24.3 Å². The molecule has 2 rings (SSSR count). The van der Waals surface area contributed by atoms with Crippen molar-refractivity contribution >= 4 is 27.4 Å². The number of halogens is 1. The Kier molecular flexibility index (Phi) is 3.36. The largest absolute Gasteiger partial charge is 0.495 e. The van der Waals surface area contributed by atoms with Gasteiger partial charge in [0.25, 0.3) is 0 Å². The van der Waals surface area contributed by atoms with Crippen LogP contribution < -0.4 is 10.1 Å². The first-order chi connectivity index (χ1) is 7.79. The first-order valence-corrected chi connectivity index (χ1v) is 5.46.